The summed E-state index contributed by atoms with van der Waals surface area (Å²) in [4.78, 5) is 12.5. The summed E-state index contributed by atoms with van der Waals surface area (Å²) in [5.74, 6) is 2.56. The maximum Gasteiger partial charge on any atom is 0.315 e. The van der Waals surface area contributed by atoms with Crippen LogP contribution in [0.15, 0.2) is 28.7 Å². The smallest absolute Gasteiger partial charge is 0.315 e. The van der Waals surface area contributed by atoms with Gasteiger partial charge in [0.2, 0.25) is 0 Å². The number of rotatable bonds is 3. The van der Waals surface area contributed by atoms with Crippen molar-refractivity contribution in [3.8, 4) is 0 Å². The lowest BCUT2D eigenvalue weighted by atomic mass is 9.53. The van der Waals surface area contributed by atoms with E-state index in [9.17, 15) is 4.79 Å². The Labute approximate surface area is 146 Å². The van der Waals surface area contributed by atoms with Gasteiger partial charge in [0.1, 0.15) is 0 Å². The van der Waals surface area contributed by atoms with Crippen LogP contribution in [-0.2, 0) is 0 Å². The van der Waals surface area contributed by atoms with E-state index in [4.69, 9.17) is 0 Å². The van der Waals surface area contributed by atoms with Crippen molar-refractivity contribution < 1.29 is 4.79 Å². The Morgan fingerprint density at radius 3 is 2.13 bits per heavy atom. The third-order valence-corrected chi connectivity index (χ3v) is 6.66. The summed E-state index contributed by atoms with van der Waals surface area (Å²) in [6.07, 6.45) is 7.78. The van der Waals surface area contributed by atoms with Gasteiger partial charge < -0.3 is 10.6 Å². The molecule has 4 aliphatic carbocycles. The number of carbonyl (C=O) groups excluding carboxylic acids is 1. The first kappa shape index (κ1) is 15.5. The Kier molecular flexibility index (Phi) is 3.91. The summed E-state index contributed by atoms with van der Waals surface area (Å²) in [5.41, 5.74) is 1.21. The number of amides is 2. The zero-order chi connectivity index (χ0) is 16.0. The molecule has 1 aromatic carbocycles. The monoisotopic (exact) mass is 376 g/mol. The molecule has 0 radical (unpaired) electrons. The van der Waals surface area contributed by atoms with Crippen molar-refractivity contribution in [2.75, 3.05) is 0 Å². The zero-order valence-electron chi connectivity index (χ0n) is 13.6. The predicted molar refractivity (Wildman–Crippen MR) is 95.1 cm³/mol. The Morgan fingerprint density at radius 1 is 1.09 bits per heavy atom. The van der Waals surface area contributed by atoms with Gasteiger partial charge in [-0.2, -0.15) is 0 Å². The second-order valence-corrected chi connectivity index (χ2v) is 8.99. The van der Waals surface area contributed by atoms with Gasteiger partial charge in [-0.05, 0) is 80.9 Å². The molecular formula is C19H25BrN2O. The highest BCUT2D eigenvalue weighted by atomic mass is 79.9. The molecule has 4 aliphatic rings. The van der Waals surface area contributed by atoms with Gasteiger partial charge in [-0.1, -0.05) is 28.1 Å². The zero-order valence-corrected chi connectivity index (χ0v) is 15.2. The van der Waals surface area contributed by atoms with Crippen LogP contribution >= 0.6 is 15.9 Å². The van der Waals surface area contributed by atoms with E-state index in [0.29, 0.717) is 0 Å². The fourth-order valence-electron chi connectivity index (χ4n) is 5.57. The quantitative estimate of drug-likeness (QED) is 0.782. The lowest BCUT2D eigenvalue weighted by Crippen LogP contribution is -2.61. The molecule has 23 heavy (non-hydrogen) atoms. The van der Waals surface area contributed by atoms with Crippen molar-refractivity contribution in [3.63, 3.8) is 0 Å². The number of carbonyl (C=O) groups is 1. The average Bonchev–Trinajstić information content (AvgIpc) is 2.45. The van der Waals surface area contributed by atoms with Gasteiger partial charge in [-0.3, -0.25) is 0 Å². The Balaban J connectivity index is 1.39. The number of urea groups is 1. The van der Waals surface area contributed by atoms with E-state index >= 15 is 0 Å². The molecule has 4 bridgehead atoms. The SMILES string of the molecule is C[C@H](NC(=O)NC12CC3CC(CC(C3)C1)C2)c1ccc(Br)cc1. The molecule has 1 aromatic rings. The van der Waals surface area contributed by atoms with Crippen molar-refractivity contribution in [3.05, 3.63) is 34.3 Å². The van der Waals surface area contributed by atoms with Gasteiger partial charge in [0, 0.05) is 10.0 Å². The van der Waals surface area contributed by atoms with Crippen molar-refractivity contribution >= 4 is 22.0 Å². The third kappa shape index (κ3) is 3.15. The standard InChI is InChI=1S/C19H25BrN2O/c1-12(16-2-4-17(20)5-3-16)21-18(23)22-19-9-13-6-14(10-19)8-15(7-13)11-19/h2-5,12-15H,6-11H2,1H3,(H2,21,22,23)/t12-,13?,14?,15?,19?/m0/s1. The molecule has 1 atom stereocenters. The van der Waals surface area contributed by atoms with Crippen molar-refractivity contribution in [2.45, 2.75) is 57.0 Å². The second kappa shape index (κ2) is 5.80. The summed E-state index contributed by atoms with van der Waals surface area (Å²) in [5, 5.41) is 6.50. The third-order valence-electron chi connectivity index (χ3n) is 6.13. The van der Waals surface area contributed by atoms with Crippen LogP contribution in [-0.4, -0.2) is 11.6 Å². The largest absolute Gasteiger partial charge is 0.333 e. The maximum atomic E-state index is 12.5. The van der Waals surface area contributed by atoms with Crippen LogP contribution in [0.25, 0.3) is 0 Å². The number of halogens is 1. The summed E-state index contributed by atoms with van der Waals surface area (Å²) >= 11 is 3.45. The molecular weight excluding hydrogens is 352 g/mol. The van der Waals surface area contributed by atoms with E-state index in [0.717, 1.165) is 27.8 Å². The van der Waals surface area contributed by atoms with Crippen LogP contribution in [0.4, 0.5) is 4.79 Å². The van der Waals surface area contributed by atoms with Crippen LogP contribution < -0.4 is 10.6 Å². The average molecular weight is 377 g/mol. The van der Waals surface area contributed by atoms with E-state index in [1.54, 1.807) is 0 Å². The van der Waals surface area contributed by atoms with Crippen LogP contribution in [0.5, 0.6) is 0 Å². The van der Waals surface area contributed by atoms with Gasteiger partial charge in [-0.15, -0.1) is 0 Å². The molecule has 2 amide bonds. The Morgan fingerprint density at radius 2 is 1.61 bits per heavy atom. The van der Waals surface area contributed by atoms with Crippen LogP contribution in [0, 0.1) is 17.8 Å². The Hall–Kier alpha value is -1.03. The van der Waals surface area contributed by atoms with E-state index < -0.39 is 0 Å². The number of nitrogens with one attached hydrogen (secondary N) is 2. The van der Waals surface area contributed by atoms with Gasteiger partial charge >= 0.3 is 6.03 Å². The molecule has 0 aliphatic heterocycles. The highest BCUT2D eigenvalue weighted by Crippen LogP contribution is 2.55. The predicted octanol–water partition coefficient (Wildman–Crippen LogP) is 4.78. The summed E-state index contributed by atoms with van der Waals surface area (Å²) < 4.78 is 1.06. The molecule has 4 saturated carbocycles. The van der Waals surface area contributed by atoms with Crippen LogP contribution in [0.3, 0.4) is 0 Å². The van der Waals surface area contributed by atoms with E-state index in [1.807, 2.05) is 19.1 Å². The van der Waals surface area contributed by atoms with Gasteiger partial charge in [0.25, 0.3) is 0 Å². The summed E-state index contributed by atoms with van der Waals surface area (Å²) in [6, 6.07) is 8.17. The molecule has 3 nitrogen and oxygen atoms in total. The topological polar surface area (TPSA) is 41.1 Å². The first-order valence-electron chi connectivity index (χ1n) is 8.85. The van der Waals surface area contributed by atoms with Gasteiger partial charge in [0.05, 0.1) is 6.04 Å². The summed E-state index contributed by atoms with van der Waals surface area (Å²) in [6.45, 7) is 2.04. The van der Waals surface area contributed by atoms with Crippen LogP contribution in [0.2, 0.25) is 0 Å². The second-order valence-electron chi connectivity index (χ2n) is 8.07. The lowest BCUT2D eigenvalue weighted by Gasteiger charge is -2.56. The normalized spacial score (nSPS) is 35.8. The Bertz CT molecular complexity index is 563. The lowest BCUT2D eigenvalue weighted by molar-refractivity contribution is -0.0136. The minimum atomic E-state index is 0.00219. The highest BCUT2D eigenvalue weighted by Gasteiger charge is 2.51. The fraction of sp³-hybridized carbons (Fsp3) is 0.632. The molecule has 0 heterocycles. The fourth-order valence-corrected chi connectivity index (χ4v) is 5.84. The first-order chi connectivity index (χ1) is 11.0. The van der Waals surface area contributed by atoms with Gasteiger partial charge in [0.15, 0.2) is 0 Å². The molecule has 5 rings (SSSR count). The molecule has 0 spiro atoms. The molecule has 124 valence electrons. The van der Waals surface area contributed by atoms with Crippen molar-refractivity contribution in [1.29, 1.82) is 0 Å². The number of hydrogen-bond acceptors (Lipinski definition) is 1. The van der Waals surface area contributed by atoms with Crippen LogP contribution in [0.1, 0.15) is 57.1 Å². The molecule has 0 saturated heterocycles. The van der Waals surface area contributed by atoms with Crippen molar-refractivity contribution in [1.82, 2.24) is 10.6 Å². The number of hydrogen-bond donors (Lipinski definition) is 2. The summed E-state index contributed by atoms with van der Waals surface area (Å²) in [7, 11) is 0. The molecule has 2 N–H and O–H groups in total. The highest BCUT2D eigenvalue weighted by molar-refractivity contribution is 9.10. The molecule has 4 heteroatoms. The molecule has 4 fully saturated rings. The molecule has 0 unspecified atom stereocenters. The minimum absolute atomic E-state index is 0.00219. The van der Waals surface area contributed by atoms with Gasteiger partial charge in [-0.25, -0.2) is 4.79 Å². The maximum absolute atomic E-state index is 12.5. The number of benzene rings is 1. The minimum Gasteiger partial charge on any atom is -0.333 e. The van der Waals surface area contributed by atoms with E-state index in [-0.39, 0.29) is 17.6 Å². The van der Waals surface area contributed by atoms with E-state index in [1.165, 1.54) is 38.5 Å². The molecule has 0 aromatic heterocycles. The first-order valence-corrected chi connectivity index (χ1v) is 9.65. The van der Waals surface area contributed by atoms with Crippen molar-refractivity contribution in [2.24, 2.45) is 17.8 Å². The van der Waals surface area contributed by atoms with E-state index in [2.05, 4.69) is 38.7 Å².